The first-order valence-electron chi connectivity index (χ1n) is 12.4. The molecule has 8 nitrogen and oxygen atoms in total. The first-order chi connectivity index (χ1) is 15.7. The lowest BCUT2D eigenvalue weighted by Gasteiger charge is -2.20. The van der Waals surface area contributed by atoms with Crippen LogP contribution in [0.3, 0.4) is 0 Å². The van der Waals surface area contributed by atoms with E-state index in [0.29, 0.717) is 50.7 Å². The Kier molecular flexibility index (Phi) is 14.4. The average molecular weight is 471 g/mol. The molecule has 4 aliphatic rings. The van der Waals surface area contributed by atoms with Crippen molar-refractivity contribution >= 4 is 23.9 Å². The summed E-state index contributed by atoms with van der Waals surface area (Å²) in [6, 6.07) is 0. The van der Waals surface area contributed by atoms with Crippen molar-refractivity contribution in [3.8, 4) is 0 Å². The fourth-order valence-corrected chi connectivity index (χ4v) is 3.59. The van der Waals surface area contributed by atoms with Gasteiger partial charge in [-0.3, -0.25) is 19.2 Å². The van der Waals surface area contributed by atoms with Gasteiger partial charge in [0.1, 0.15) is 0 Å². The van der Waals surface area contributed by atoms with Crippen LogP contribution in [0.5, 0.6) is 0 Å². The molecule has 0 aromatic rings. The summed E-state index contributed by atoms with van der Waals surface area (Å²) in [4.78, 5) is 41.6. The topological polar surface area (TPSA) is 105 Å². The van der Waals surface area contributed by atoms with Gasteiger partial charge in [0.05, 0.1) is 31.8 Å². The van der Waals surface area contributed by atoms with Crippen LogP contribution in [0.15, 0.2) is 0 Å². The van der Waals surface area contributed by atoms with E-state index in [0.717, 1.165) is 25.7 Å². The number of rotatable bonds is 3. The third-order valence-electron chi connectivity index (χ3n) is 5.66. The molecule has 0 aromatic heterocycles. The van der Waals surface area contributed by atoms with E-state index in [-0.39, 0.29) is 36.1 Å². The summed E-state index contributed by atoms with van der Waals surface area (Å²) in [5, 5.41) is 0. The second-order valence-electron chi connectivity index (χ2n) is 9.25. The van der Waals surface area contributed by atoms with Crippen molar-refractivity contribution in [1.29, 1.82) is 0 Å². The Labute approximate surface area is 198 Å². The van der Waals surface area contributed by atoms with Gasteiger partial charge in [-0.05, 0) is 51.9 Å². The van der Waals surface area contributed by atoms with Crippen molar-refractivity contribution in [3.05, 3.63) is 0 Å². The average Bonchev–Trinajstić information content (AvgIpc) is 3.34. The molecule has 0 bridgehead atoms. The number of carbonyl (C=O) groups excluding carboxylic acids is 4. The van der Waals surface area contributed by atoms with E-state index in [2.05, 4.69) is 11.7 Å². The zero-order chi connectivity index (χ0) is 24.6. The second-order valence-corrected chi connectivity index (χ2v) is 9.25. The number of carbonyl (C=O) groups is 4. The summed E-state index contributed by atoms with van der Waals surface area (Å²) in [6.07, 6.45) is 10.5. The largest absolute Gasteiger partial charge is 0.465 e. The van der Waals surface area contributed by atoms with Crippen LogP contribution >= 0.6 is 0 Å². The zero-order valence-electron chi connectivity index (χ0n) is 20.8. The lowest BCUT2D eigenvalue weighted by molar-refractivity contribution is -0.152. The summed E-state index contributed by atoms with van der Waals surface area (Å²) in [7, 11) is 0. The summed E-state index contributed by atoms with van der Waals surface area (Å²) in [6.45, 7) is 9.32. The molecule has 4 saturated heterocycles. The van der Waals surface area contributed by atoms with Crippen molar-refractivity contribution in [3.63, 3.8) is 0 Å². The molecule has 0 aromatic carbocycles. The molecule has 0 aliphatic carbocycles. The van der Waals surface area contributed by atoms with E-state index in [1.807, 2.05) is 20.8 Å². The number of ether oxygens (including phenoxy) is 4. The van der Waals surface area contributed by atoms with Gasteiger partial charge in [-0.15, -0.1) is 0 Å². The lowest BCUT2D eigenvalue weighted by atomic mass is 9.96. The predicted molar refractivity (Wildman–Crippen MR) is 122 cm³/mol. The van der Waals surface area contributed by atoms with Gasteiger partial charge < -0.3 is 18.9 Å². The van der Waals surface area contributed by atoms with E-state index in [1.165, 1.54) is 19.3 Å². The van der Waals surface area contributed by atoms with Crippen molar-refractivity contribution in [2.24, 2.45) is 11.8 Å². The van der Waals surface area contributed by atoms with Gasteiger partial charge in [0.25, 0.3) is 0 Å². The van der Waals surface area contributed by atoms with Crippen LogP contribution in [0.4, 0.5) is 0 Å². The Morgan fingerprint density at radius 1 is 0.727 bits per heavy atom. The van der Waals surface area contributed by atoms with E-state index in [9.17, 15) is 19.2 Å². The van der Waals surface area contributed by atoms with Gasteiger partial charge in [0.2, 0.25) is 0 Å². The first-order valence-corrected chi connectivity index (χ1v) is 12.4. The molecule has 4 atom stereocenters. The Morgan fingerprint density at radius 2 is 1.33 bits per heavy atom. The molecule has 4 rings (SSSR count). The first kappa shape index (κ1) is 28.9. The SMILES string of the molecule is CC1CCC(=O)O1.CC1CCCC(=O)O1.CC1COC(=O)C1.CCCCC1CCC(=O)OC1. The minimum Gasteiger partial charge on any atom is -0.465 e. The van der Waals surface area contributed by atoms with Gasteiger partial charge in [-0.1, -0.05) is 26.7 Å². The monoisotopic (exact) mass is 470 g/mol. The third kappa shape index (κ3) is 14.6. The van der Waals surface area contributed by atoms with E-state index in [1.54, 1.807) is 0 Å². The molecule has 8 heteroatoms. The van der Waals surface area contributed by atoms with Crippen molar-refractivity contribution in [1.82, 2.24) is 0 Å². The molecule has 4 aliphatic heterocycles. The number of hydrogen-bond acceptors (Lipinski definition) is 8. The Bertz CT molecular complexity index is 584. The molecule has 4 unspecified atom stereocenters. The Morgan fingerprint density at radius 3 is 1.67 bits per heavy atom. The summed E-state index contributed by atoms with van der Waals surface area (Å²) >= 11 is 0. The maximum absolute atomic E-state index is 10.7. The van der Waals surface area contributed by atoms with Crippen LogP contribution in [0.2, 0.25) is 0 Å². The van der Waals surface area contributed by atoms with E-state index >= 15 is 0 Å². The molecule has 0 N–H and O–H groups in total. The summed E-state index contributed by atoms with van der Waals surface area (Å²) in [5.41, 5.74) is 0. The van der Waals surface area contributed by atoms with Gasteiger partial charge in [0.15, 0.2) is 0 Å². The van der Waals surface area contributed by atoms with Crippen LogP contribution in [0, 0.1) is 11.8 Å². The highest BCUT2D eigenvalue weighted by molar-refractivity contribution is 5.71. The molecule has 0 amide bonds. The van der Waals surface area contributed by atoms with Crippen molar-refractivity contribution in [2.45, 2.75) is 111 Å². The molecule has 4 fully saturated rings. The fourth-order valence-electron chi connectivity index (χ4n) is 3.59. The molecule has 190 valence electrons. The van der Waals surface area contributed by atoms with Gasteiger partial charge in [0, 0.05) is 25.2 Å². The van der Waals surface area contributed by atoms with Gasteiger partial charge >= 0.3 is 23.9 Å². The molecule has 33 heavy (non-hydrogen) atoms. The number of cyclic esters (lactones) is 4. The molecule has 0 radical (unpaired) electrons. The smallest absolute Gasteiger partial charge is 0.306 e. The van der Waals surface area contributed by atoms with Crippen LogP contribution in [-0.2, 0) is 38.1 Å². The minimum atomic E-state index is -0.0486. The van der Waals surface area contributed by atoms with Crippen LogP contribution in [0.1, 0.15) is 98.3 Å². The second kappa shape index (κ2) is 16.5. The third-order valence-corrected chi connectivity index (χ3v) is 5.66. The molecular weight excluding hydrogens is 428 g/mol. The van der Waals surface area contributed by atoms with Crippen molar-refractivity contribution < 1.29 is 38.1 Å². The molecule has 0 spiro atoms. The highest BCUT2D eigenvalue weighted by Gasteiger charge is 2.19. The maximum atomic E-state index is 10.7. The lowest BCUT2D eigenvalue weighted by Crippen LogP contribution is -2.21. The quantitative estimate of drug-likeness (QED) is 0.438. The Hall–Kier alpha value is -2.12. The maximum Gasteiger partial charge on any atom is 0.306 e. The number of hydrogen-bond donors (Lipinski definition) is 0. The molecule has 0 saturated carbocycles. The van der Waals surface area contributed by atoms with Crippen molar-refractivity contribution in [2.75, 3.05) is 13.2 Å². The van der Waals surface area contributed by atoms with E-state index in [4.69, 9.17) is 14.2 Å². The van der Waals surface area contributed by atoms with Crippen LogP contribution in [-0.4, -0.2) is 49.3 Å². The molecule has 4 heterocycles. The van der Waals surface area contributed by atoms with Gasteiger partial charge in [-0.2, -0.15) is 0 Å². The summed E-state index contributed by atoms with van der Waals surface area (Å²) in [5.74, 6) is 0.946. The Balaban J connectivity index is 0.000000224. The molecular formula is C25H42O8. The minimum absolute atomic E-state index is 0.0160. The van der Waals surface area contributed by atoms with Crippen LogP contribution in [0.25, 0.3) is 0 Å². The summed E-state index contributed by atoms with van der Waals surface area (Å²) < 4.78 is 19.1. The predicted octanol–water partition coefficient (Wildman–Crippen LogP) is 4.51. The van der Waals surface area contributed by atoms with Gasteiger partial charge in [-0.25, -0.2) is 0 Å². The van der Waals surface area contributed by atoms with E-state index < -0.39 is 0 Å². The number of unbranched alkanes of at least 4 members (excludes halogenated alkanes) is 1. The number of esters is 4. The van der Waals surface area contributed by atoms with Crippen LogP contribution < -0.4 is 0 Å². The fraction of sp³-hybridized carbons (Fsp3) is 0.840. The highest BCUT2D eigenvalue weighted by Crippen LogP contribution is 2.20. The zero-order valence-corrected chi connectivity index (χ0v) is 20.8. The highest BCUT2D eigenvalue weighted by atomic mass is 16.6. The normalized spacial score (nSPS) is 28.4. The standard InChI is InChI=1S/C9H16O2.C6H10O2.2C5H8O2/c1-2-3-4-8-5-6-9(10)11-7-8;1-5-3-2-4-6(7)8-5;1-4-2-5(6)7-3-4;1-4-2-3-5(6)7-4/h8H,2-7H2,1H3;5H,2-4H2,1H3;2*4H,2-3H2,1H3.